The molecular formula is C13H28. The highest BCUT2D eigenvalue weighted by atomic mass is 14.3. The average Bonchev–Trinajstić information content (AvgIpc) is 1.81. The molecule has 0 bridgehead atoms. The summed E-state index contributed by atoms with van der Waals surface area (Å²) in [5.74, 6) is 1.69. The molecule has 0 atom stereocenters. The van der Waals surface area contributed by atoms with Crippen molar-refractivity contribution in [3.63, 3.8) is 0 Å². The fraction of sp³-hybridized carbons (Fsp3) is 1.00. The minimum absolute atomic E-state index is 0.594. The van der Waals surface area contributed by atoms with Gasteiger partial charge in [0.2, 0.25) is 0 Å². The maximum Gasteiger partial charge on any atom is -0.0321 e. The van der Waals surface area contributed by atoms with Crippen LogP contribution in [0.1, 0.15) is 67.2 Å². The van der Waals surface area contributed by atoms with Gasteiger partial charge in [-0.25, -0.2) is 0 Å². The van der Waals surface area contributed by atoms with Crippen molar-refractivity contribution in [2.45, 2.75) is 67.2 Å². The Hall–Kier alpha value is 0. The first-order valence-electron chi connectivity index (χ1n) is 5.89. The molecular weight excluding hydrogens is 156 g/mol. The molecule has 0 heteroatoms. The van der Waals surface area contributed by atoms with Crippen LogP contribution in [0.5, 0.6) is 0 Å². The van der Waals surface area contributed by atoms with Crippen molar-refractivity contribution in [1.82, 2.24) is 0 Å². The van der Waals surface area contributed by atoms with Crippen molar-refractivity contribution >= 4 is 0 Å². The number of hydrogen-bond acceptors (Lipinski definition) is 0. The van der Waals surface area contributed by atoms with Gasteiger partial charge in [-0.05, 0) is 36.5 Å². The summed E-state index contributed by atoms with van der Waals surface area (Å²) in [6.45, 7) is 14.1. The van der Waals surface area contributed by atoms with E-state index < -0.39 is 0 Å². The summed E-state index contributed by atoms with van der Waals surface area (Å²) < 4.78 is 0. The molecule has 0 saturated heterocycles. The third kappa shape index (κ3) is 6.12. The molecule has 0 aromatic heterocycles. The van der Waals surface area contributed by atoms with E-state index in [1.165, 1.54) is 25.7 Å². The van der Waals surface area contributed by atoms with Gasteiger partial charge in [0, 0.05) is 0 Å². The van der Waals surface area contributed by atoms with Gasteiger partial charge in [0.05, 0.1) is 0 Å². The van der Waals surface area contributed by atoms with Crippen molar-refractivity contribution in [3.8, 4) is 0 Å². The zero-order valence-electron chi connectivity index (χ0n) is 10.5. The molecule has 0 N–H and O–H groups in total. The van der Waals surface area contributed by atoms with E-state index in [4.69, 9.17) is 0 Å². The Bertz CT molecular complexity index is 112. The van der Waals surface area contributed by atoms with Gasteiger partial charge in [-0.3, -0.25) is 0 Å². The lowest BCUT2D eigenvalue weighted by Crippen LogP contribution is -2.21. The van der Waals surface area contributed by atoms with Gasteiger partial charge in [0.25, 0.3) is 0 Å². The number of rotatable bonds is 6. The molecule has 0 saturated carbocycles. The molecule has 0 aliphatic carbocycles. The highest BCUT2D eigenvalue weighted by molar-refractivity contribution is 4.76. The highest BCUT2D eigenvalue weighted by Crippen LogP contribution is 2.37. The Morgan fingerprint density at radius 1 is 0.923 bits per heavy atom. The zero-order chi connectivity index (χ0) is 10.5. The van der Waals surface area contributed by atoms with Crippen LogP contribution >= 0.6 is 0 Å². The van der Waals surface area contributed by atoms with Gasteiger partial charge in [-0.15, -0.1) is 0 Å². The van der Waals surface area contributed by atoms with Gasteiger partial charge in [-0.1, -0.05) is 48.0 Å². The van der Waals surface area contributed by atoms with Crippen LogP contribution < -0.4 is 0 Å². The summed E-state index contributed by atoms with van der Waals surface area (Å²) in [7, 11) is 0. The molecule has 0 aromatic carbocycles. The van der Waals surface area contributed by atoms with Crippen molar-refractivity contribution in [1.29, 1.82) is 0 Å². The summed E-state index contributed by atoms with van der Waals surface area (Å²) in [6.07, 6.45) is 5.50. The van der Waals surface area contributed by atoms with Gasteiger partial charge in [-0.2, -0.15) is 0 Å². The fourth-order valence-electron chi connectivity index (χ4n) is 2.86. The molecule has 0 unspecified atom stereocenters. The monoisotopic (exact) mass is 184 g/mol. The first-order valence-corrected chi connectivity index (χ1v) is 5.89. The molecule has 13 heavy (non-hydrogen) atoms. The second kappa shape index (κ2) is 5.67. The topological polar surface area (TPSA) is 0 Å². The minimum atomic E-state index is 0.594. The molecule has 0 rings (SSSR count). The molecule has 80 valence electrons. The van der Waals surface area contributed by atoms with E-state index in [1.54, 1.807) is 0 Å². The van der Waals surface area contributed by atoms with E-state index >= 15 is 0 Å². The van der Waals surface area contributed by atoms with E-state index in [1.807, 2.05) is 0 Å². The zero-order valence-corrected chi connectivity index (χ0v) is 10.5. The molecule has 0 aromatic rings. The molecule has 0 radical (unpaired) electrons. The molecule has 0 aliphatic heterocycles. The van der Waals surface area contributed by atoms with E-state index in [2.05, 4.69) is 41.5 Å². The second-order valence-corrected chi connectivity index (χ2v) is 5.76. The van der Waals surface area contributed by atoms with Crippen LogP contribution in [0, 0.1) is 17.3 Å². The molecule has 0 heterocycles. The highest BCUT2D eigenvalue weighted by Gasteiger charge is 2.25. The fourth-order valence-corrected chi connectivity index (χ4v) is 2.86. The smallest absolute Gasteiger partial charge is 0.0321 e. The van der Waals surface area contributed by atoms with Crippen LogP contribution in [-0.2, 0) is 0 Å². The normalized spacial score (nSPS) is 12.9. The Labute approximate surface area is 85.1 Å². The maximum atomic E-state index is 2.47. The van der Waals surface area contributed by atoms with E-state index in [0.717, 1.165) is 11.8 Å². The molecule has 0 spiro atoms. The lowest BCUT2D eigenvalue weighted by atomic mass is 9.73. The summed E-state index contributed by atoms with van der Waals surface area (Å²) in [6, 6.07) is 0. The lowest BCUT2D eigenvalue weighted by Gasteiger charge is -2.33. The third-order valence-corrected chi connectivity index (χ3v) is 2.66. The first kappa shape index (κ1) is 13.0. The lowest BCUT2D eigenvalue weighted by molar-refractivity contribution is 0.188. The summed E-state index contributed by atoms with van der Waals surface area (Å²) in [5, 5.41) is 0. The van der Waals surface area contributed by atoms with Gasteiger partial charge in [0.1, 0.15) is 0 Å². The predicted molar refractivity (Wildman–Crippen MR) is 61.9 cm³/mol. The molecule has 0 amide bonds. The third-order valence-electron chi connectivity index (χ3n) is 2.66. The van der Waals surface area contributed by atoms with Crippen LogP contribution in [0.4, 0.5) is 0 Å². The van der Waals surface area contributed by atoms with Crippen LogP contribution in [0.15, 0.2) is 0 Å². The van der Waals surface area contributed by atoms with Crippen LogP contribution in [0.25, 0.3) is 0 Å². The van der Waals surface area contributed by atoms with Crippen molar-refractivity contribution in [3.05, 3.63) is 0 Å². The van der Waals surface area contributed by atoms with Crippen molar-refractivity contribution in [2.24, 2.45) is 17.3 Å². The van der Waals surface area contributed by atoms with Gasteiger partial charge in [0.15, 0.2) is 0 Å². The Morgan fingerprint density at radius 3 is 1.54 bits per heavy atom. The van der Waals surface area contributed by atoms with Crippen molar-refractivity contribution in [2.75, 3.05) is 0 Å². The maximum absolute atomic E-state index is 2.47. The Balaban J connectivity index is 4.15. The quantitative estimate of drug-likeness (QED) is 0.551. The van der Waals surface area contributed by atoms with Gasteiger partial charge >= 0.3 is 0 Å². The second-order valence-electron chi connectivity index (χ2n) is 5.76. The Morgan fingerprint density at radius 2 is 1.31 bits per heavy atom. The predicted octanol–water partition coefficient (Wildman–Crippen LogP) is 4.89. The van der Waals surface area contributed by atoms with E-state index in [-0.39, 0.29) is 0 Å². The molecule has 0 aliphatic rings. The van der Waals surface area contributed by atoms with Crippen LogP contribution in [-0.4, -0.2) is 0 Å². The minimum Gasteiger partial charge on any atom is -0.0654 e. The summed E-state index contributed by atoms with van der Waals surface area (Å²) in [4.78, 5) is 0. The average molecular weight is 184 g/mol. The standard InChI is InChI=1S/C13H28/c1-7-8-13(6,9-11(2)3)10-12(4)5/h11-12H,7-10H2,1-6H3. The van der Waals surface area contributed by atoms with Gasteiger partial charge < -0.3 is 0 Å². The summed E-state index contributed by atoms with van der Waals surface area (Å²) >= 11 is 0. The first-order chi connectivity index (χ1) is 5.89. The van der Waals surface area contributed by atoms with E-state index in [9.17, 15) is 0 Å². The SMILES string of the molecule is CCCC(C)(CC(C)C)CC(C)C. The molecule has 0 nitrogen and oxygen atoms in total. The van der Waals surface area contributed by atoms with Crippen molar-refractivity contribution < 1.29 is 0 Å². The van der Waals surface area contributed by atoms with Crippen LogP contribution in [0.3, 0.4) is 0 Å². The van der Waals surface area contributed by atoms with Crippen LogP contribution in [0.2, 0.25) is 0 Å². The number of hydrogen-bond donors (Lipinski definition) is 0. The largest absolute Gasteiger partial charge is 0.0654 e. The molecule has 0 fully saturated rings. The van der Waals surface area contributed by atoms with E-state index in [0.29, 0.717) is 5.41 Å². The Kier molecular flexibility index (Phi) is 5.67. The summed E-state index contributed by atoms with van der Waals surface area (Å²) in [5.41, 5.74) is 0.594.